The van der Waals surface area contributed by atoms with Crippen molar-refractivity contribution in [3.05, 3.63) is 83.2 Å². The number of hydrogen-bond acceptors (Lipinski definition) is 4. The number of fused-ring (bicyclic) bond motifs is 1. The smallest absolute Gasteiger partial charge is 0.227 e. The Balaban J connectivity index is 1.40. The molecule has 1 aromatic heterocycles. The number of carbonyl (C=O) groups excluding carboxylic acids is 1. The minimum Gasteiger partial charge on any atom is -0.497 e. The lowest BCUT2D eigenvalue weighted by molar-refractivity contribution is -0.117. The Hall–Kier alpha value is -3.80. The molecule has 2 heterocycles. The normalized spacial score (nSPS) is 15.7. The van der Waals surface area contributed by atoms with E-state index in [1.54, 1.807) is 7.11 Å². The monoisotopic (exact) mass is 469 g/mol. The first kappa shape index (κ1) is 23.0. The molecular weight excluding hydrogens is 438 g/mol. The fraction of sp³-hybridized carbons (Fsp3) is 0.310. The quantitative estimate of drug-likeness (QED) is 0.355. The molecule has 180 valence electrons. The number of nitrogens with zero attached hydrogens (tertiary/aromatic N) is 3. The van der Waals surface area contributed by atoms with E-state index in [2.05, 4.69) is 43.5 Å². The highest BCUT2D eigenvalue weighted by Crippen LogP contribution is 2.36. The molecule has 4 aromatic rings. The van der Waals surface area contributed by atoms with E-state index in [-0.39, 0.29) is 11.8 Å². The fourth-order valence-electron chi connectivity index (χ4n) is 5.26. The molecule has 0 N–H and O–H groups in total. The molecule has 1 aliphatic rings. The summed E-state index contributed by atoms with van der Waals surface area (Å²) in [7, 11) is 1.65. The lowest BCUT2D eigenvalue weighted by atomic mass is 10.0. The van der Waals surface area contributed by atoms with E-state index < -0.39 is 0 Å². The van der Waals surface area contributed by atoms with Crippen LogP contribution in [0.15, 0.2) is 60.7 Å². The van der Waals surface area contributed by atoms with Gasteiger partial charge in [0, 0.05) is 24.6 Å². The molecule has 6 heteroatoms. The van der Waals surface area contributed by atoms with Crippen LogP contribution in [0.5, 0.6) is 11.5 Å². The molecule has 6 nitrogen and oxygen atoms in total. The third kappa shape index (κ3) is 4.48. The van der Waals surface area contributed by atoms with Gasteiger partial charge in [-0.3, -0.25) is 4.79 Å². The molecule has 0 spiro atoms. The molecular formula is C29H31N3O3. The van der Waals surface area contributed by atoms with Gasteiger partial charge in [0.25, 0.3) is 0 Å². The summed E-state index contributed by atoms with van der Waals surface area (Å²) in [5, 5.41) is 0. The van der Waals surface area contributed by atoms with Crippen LogP contribution in [0.25, 0.3) is 11.0 Å². The zero-order valence-electron chi connectivity index (χ0n) is 20.7. The number of para-hydroxylation sites is 2. The summed E-state index contributed by atoms with van der Waals surface area (Å²) < 4.78 is 13.5. The zero-order valence-corrected chi connectivity index (χ0v) is 20.7. The molecule has 5 rings (SSSR count). The van der Waals surface area contributed by atoms with E-state index in [0.717, 1.165) is 45.2 Å². The van der Waals surface area contributed by atoms with Gasteiger partial charge in [-0.25, -0.2) is 4.98 Å². The van der Waals surface area contributed by atoms with E-state index in [4.69, 9.17) is 14.5 Å². The van der Waals surface area contributed by atoms with Gasteiger partial charge >= 0.3 is 0 Å². The Morgan fingerprint density at radius 1 is 0.971 bits per heavy atom. The number of methoxy groups -OCH3 is 1. The Morgan fingerprint density at radius 3 is 2.37 bits per heavy atom. The highest BCUT2D eigenvalue weighted by atomic mass is 16.5. The third-order valence-electron chi connectivity index (χ3n) is 6.72. The van der Waals surface area contributed by atoms with Crippen LogP contribution in [0.4, 0.5) is 5.69 Å². The number of anilines is 1. The van der Waals surface area contributed by atoms with Gasteiger partial charge in [-0.2, -0.15) is 0 Å². The molecule has 1 aliphatic heterocycles. The summed E-state index contributed by atoms with van der Waals surface area (Å²) in [6.45, 7) is 8.04. The summed E-state index contributed by atoms with van der Waals surface area (Å²) in [5.74, 6) is 2.72. The van der Waals surface area contributed by atoms with Crippen molar-refractivity contribution in [2.24, 2.45) is 0 Å². The van der Waals surface area contributed by atoms with Crippen molar-refractivity contribution in [3.8, 4) is 11.5 Å². The van der Waals surface area contributed by atoms with E-state index >= 15 is 0 Å². The van der Waals surface area contributed by atoms with Crippen molar-refractivity contribution in [2.45, 2.75) is 39.7 Å². The number of hydrogen-bond donors (Lipinski definition) is 0. The van der Waals surface area contributed by atoms with Crippen LogP contribution < -0.4 is 14.4 Å². The number of ether oxygens (including phenoxy) is 2. The number of aromatic nitrogens is 2. The summed E-state index contributed by atoms with van der Waals surface area (Å²) in [4.78, 5) is 20.1. The summed E-state index contributed by atoms with van der Waals surface area (Å²) in [6, 6.07) is 20.0. The van der Waals surface area contributed by atoms with Gasteiger partial charge in [0.1, 0.15) is 23.9 Å². The molecule has 1 fully saturated rings. The molecule has 1 amide bonds. The number of rotatable bonds is 7. The topological polar surface area (TPSA) is 56.6 Å². The minimum atomic E-state index is 0.0241. The number of imidazole rings is 1. The maximum Gasteiger partial charge on any atom is 0.227 e. The van der Waals surface area contributed by atoms with Gasteiger partial charge in [-0.15, -0.1) is 0 Å². The highest BCUT2D eigenvalue weighted by Gasteiger charge is 2.36. The Labute approximate surface area is 206 Å². The van der Waals surface area contributed by atoms with Crippen molar-refractivity contribution < 1.29 is 14.3 Å². The average molecular weight is 470 g/mol. The largest absolute Gasteiger partial charge is 0.497 e. The van der Waals surface area contributed by atoms with Crippen molar-refractivity contribution >= 4 is 22.6 Å². The Morgan fingerprint density at radius 2 is 1.66 bits per heavy atom. The van der Waals surface area contributed by atoms with Crippen LogP contribution in [0, 0.1) is 20.8 Å². The van der Waals surface area contributed by atoms with Crippen molar-refractivity contribution in [2.75, 3.05) is 25.2 Å². The van der Waals surface area contributed by atoms with Crippen LogP contribution in [0.1, 0.15) is 34.9 Å². The van der Waals surface area contributed by atoms with Gasteiger partial charge in [0.2, 0.25) is 5.91 Å². The van der Waals surface area contributed by atoms with Crippen LogP contribution in [0.2, 0.25) is 0 Å². The Kier molecular flexibility index (Phi) is 6.20. The Bertz CT molecular complexity index is 1350. The molecule has 1 saturated heterocycles. The maximum absolute atomic E-state index is 13.2. The first-order valence-electron chi connectivity index (χ1n) is 12.0. The molecule has 0 saturated carbocycles. The first-order chi connectivity index (χ1) is 16.9. The predicted molar refractivity (Wildman–Crippen MR) is 139 cm³/mol. The minimum absolute atomic E-state index is 0.0241. The standard InChI is InChI=1S/C29H31N3O3/c1-19-15-20(2)28(21(3)16-19)32-18-22(17-27(32)33)29-30-25-7-5-6-8-26(25)31(29)13-14-35-24-11-9-23(34-4)10-12-24/h5-12,15-16,22H,13-14,17-18H2,1-4H3/t22-/m0/s1. The average Bonchev–Trinajstić information content (AvgIpc) is 3.39. The fourth-order valence-corrected chi connectivity index (χ4v) is 5.26. The van der Waals surface area contributed by atoms with Crippen LogP contribution in [0.3, 0.4) is 0 Å². The molecule has 1 atom stereocenters. The SMILES string of the molecule is COc1ccc(OCCn2c([C@H]3CC(=O)N(c4c(C)cc(C)cc4C)C3)nc3ccccc32)cc1. The summed E-state index contributed by atoms with van der Waals surface area (Å²) >= 11 is 0. The van der Waals surface area contributed by atoms with Crippen molar-refractivity contribution in [3.63, 3.8) is 0 Å². The first-order valence-corrected chi connectivity index (χ1v) is 12.0. The van der Waals surface area contributed by atoms with Gasteiger partial charge in [-0.1, -0.05) is 29.8 Å². The van der Waals surface area contributed by atoms with E-state index in [0.29, 0.717) is 26.1 Å². The summed E-state index contributed by atoms with van der Waals surface area (Å²) in [6.07, 6.45) is 0.454. The van der Waals surface area contributed by atoms with Crippen LogP contribution >= 0.6 is 0 Å². The van der Waals surface area contributed by atoms with Crippen LogP contribution in [-0.4, -0.2) is 35.7 Å². The molecule has 35 heavy (non-hydrogen) atoms. The van der Waals surface area contributed by atoms with Gasteiger partial charge in [-0.05, 0) is 68.3 Å². The lowest BCUT2D eigenvalue weighted by Gasteiger charge is -2.22. The van der Waals surface area contributed by atoms with Crippen molar-refractivity contribution in [1.82, 2.24) is 9.55 Å². The van der Waals surface area contributed by atoms with Gasteiger partial charge < -0.3 is 18.9 Å². The number of carbonyl (C=O) groups is 1. The van der Waals surface area contributed by atoms with Gasteiger partial charge in [0.05, 0.1) is 24.7 Å². The third-order valence-corrected chi connectivity index (χ3v) is 6.72. The van der Waals surface area contributed by atoms with Gasteiger partial charge in [0.15, 0.2) is 0 Å². The maximum atomic E-state index is 13.2. The molecule has 0 radical (unpaired) electrons. The van der Waals surface area contributed by atoms with Crippen LogP contribution in [-0.2, 0) is 11.3 Å². The number of aryl methyl sites for hydroxylation is 3. The summed E-state index contributed by atoms with van der Waals surface area (Å²) in [5.41, 5.74) is 6.53. The second-order valence-electron chi connectivity index (χ2n) is 9.29. The van der Waals surface area contributed by atoms with E-state index in [9.17, 15) is 4.79 Å². The molecule has 0 bridgehead atoms. The predicted octanol–water partition coefficient (Wildman–Crippen LogP) is 5.57. The zero-order chi connectivity index (χ0) is 24.5. The number of benzene rings is 3. The lowest BCUT2D eigenvalue weighted by Crippen LogP contribution is -2.26. The molecule has 0 unspecified atom stereocenters. The molecule has 0 aliphatic carbocycles. The second-order valence-corrected chi connectivity index (χ2v) is 9.29. The van der Waals surface area contributed by atoms with E-state index in [1.165, 1.54) is 5.56 Å². The second kappa shape index (κ2) is 9.45. The highest BCUT2D eigenvalue weighted by molar-refractivity contribution is 5.98. The van der Waals surface area contributed by atoms with Crippen molar-refractivity contribution in [1.29, 1.82) is 0 Å². The number of amides is 1. The molecule has 3 aromatic carbocycles. The van der Waals surface area contributed by atoms with E-state index in [1.807, 2.05) is 47.4 Å².